The Balaban J connectivity index is 1.77. The summed E-state index contributed by atoms with van der Waals surface area (Å²) in [6.45, 7) is 4.00. The molecule has 0 amide bonds. The largest absolute Gasteiger partial charge is 0.478 e. The highest BCUT2D eigenvalue weighted by molar-refractivity contribution is 5.87. The first-order valence-electron chi connectivity index (χ1n) is 11.0. The first-order chi connectivity index (χ1) is 15.3. The molecule has 0 fully saturated rings. The second kappa shape index (κ2) is 10.5. The van der Waals surface area contributed by atoms with E-state index in [1.807, 2.05) is 37.3 Å². The van der Waals surface area contributed by atoms with E-state index in [1.165, 1.54) is 4.68 Å². The Morgan fingerprint density at radius 3 is 2.41 bits per heavy atom. The number of hydrogen-bond donors (Lipinski definition) is 1. The maximum absolute atomic E-state index is 14.7. The van der Waals surface area contributed by atoms with E-state index in [1.54, 1.807) is 25.1 Å². The van der Waals surface area contributed by atoms with Crippen LogP contribution in [0.5, 0.6) is 0 Å². The molecule has 0 saturated carbocycles. The highest BCUT2D eigenvalue weighted by Crippen LogP contribution is 2.32. The number of halogens is 2. The predicted molar refractivity (Wildman–Crippen MR) is 119 cm³/mol. The molecule has 1 aromatic heterocycles. The van der Waals surface area contributed by atoms with Crippen LogP contribution in [0.4, 0.5) is 8.78 Å². The van der Waals surface area contributed by atoms with Gasteiger partial charge >= 0.3 is 11.9 Å². The van der Waals surface area contributed by atoms with Gasteiger partial charge in [0.1, 0.15) is 0 Å². The van der Waals surface area contributed by atoms with Crippen LogP contribution >= 0.6 is 0 Å². The van der Waals surface area contributed by atoms with Gasteiger partial charge in [0, 0.05) is 12.8 Å². The fraction of sp³-hybridized carbons (Fsp3) is 0.400. The highest BCUT2D eigenvalue weighted by Gasteiger charge is 2.36. The van der Waals surface area contributed by atoms with E-state index in [0.29, 0.717) is 25.1 Å². The molecule has 3 aromatic rings. The van der Waals surface area contributed by atoms with Gasteiger partial charge in [0.2, 0.25) is 0 Å². The van der Waals surface area contributed by atoms with Crippen LogP contribution in [-0.4, -0.2) is 25.8 Å². The molecule has 0 atom stereocenters. The molecule has 1 N–H and O–H groups in total. The van der Waals surface area contributed by atoms with E-state index in [-0.39, 0.29) is 24.4 Å². The minimum Gasteiger partial charge on any atom is -0.478 e. The molecule has 0 saturated heterocycles. The number of benzene rings is 2. The minimum atomic E-state index is -3.01. The molecule has 7 heteroatoms. The van der Waals surface area contributed by atoms with Gasteiger partial charge in [0.15, 0.2) is 11.6 Å². The van der Waals surface area contributed by atoms with Crippen molar-refractivity contribution < 1.29 is 18.7 Å². The van der Waals surface area contributed by atoms with Gasteiger partial charge in [-0.25, -0.2) is 14.5 Å². The molecule has 0 aliphatic rings. The van der Waals surface area contributed by atoms with E-state index in [0.717, 1.165) is 29.5 Å². The predicted octanol–water partition coefficient (Wildman–Crippen LogP) is 5.85. The standard InChI is InChI=1S/C25H29F2N3O2/c1-3-5-9-22-28-24(25(26,27)14-4-2)30(29-22)17-19-12-10-18(11-13-19)15-20-7-6-8-21(16-20)23(31)32/h6-8,10-13,16H,3-5,9,14-15,17H2,1-2H3,(H,31,32). The Bertz CT molecular complexity index is 1050. The maximum Gasteiger partial charge on any atom is 0.335 e. The third-order valence-electron chi connectivity index (χ3n) is 5.30. The fourth-order valence-corrected chi connectivity index (χ4v) is 3.62. The Labute approximate surface area is 187 Å². The molecule has 0 unspecified atom stereocenters. The van der Waals surface area contributed by atoms with E-state index in [2.05, 4.69) is 10.1 Å². The Morgan fingerprint density at radius 1 is 1.03 bits per heavy atom. The van der Waals surface area contributed by atoms with Crippen LogP contribution < -0.4 is 0 Å². The molecule has 0 bridgehead atoms. The molecule has 0 aliphatic carbocycles. The first kappa shape index (κ1) is 23.6. The number of nitrogens with zero attached hydrogens (tertiary/aromatic N) is 3. The number of alkyl halides is 2. The van der Waals surface area contributed by atoms with Crippen LogP contribution in [0.3, 0.4) is 0 Å². The summed E-state index contributed by atoms with van der Waals surface area (Å²) < 4.78 is 30.7. The lowest BCUT2D eigenvalue weighted by Gasteiger charge is -2.15. The third kappa shape index (κ3) is 5.99. The third-order valence-corrected chi connectivity index (χ3v) is 5.30. The summed E-state index contributed by atoms with van der Waals surface area (Å²) in [4.78, 5) is 15.3. The second-order valence-corrected chi connectivity index (χ2v) is 8.07. The van der Waals surface area contributed by atoms with Crippen molar-refractivity contribution in [3.63, 3.8) is 0 Å². The monoisotopic (exact) mass is 441 g/mol. The van der Waals surface area contributed by atoms with Crippen molar-refractivity contribution >= 4 is 5.97 Å². The maximum atomic E-state index is 14.7. The normalized spacial score (nSPS) is 11.6. The molecule has 0 spiro atoms. The van der Waals surface area contributed by atoms with Gasteiger partial charge in [-0.15, -0.1) is 0 Å². The SMILES string of the molecule is CCCCc1nc(C(F)(F)CCC)n(Cc2ccc(Cc3cccc(C(=O)O)c3)cc2)n1. The number of carboxylic acids is 1. The number of unbranched alkanes of at least 4 members (excludes halogenated alkanes) is 1. The van der Waals surface area contributed by atoms with E-state index in [9.17, 15) is 13.6 Å². The highest BCUT2D eigenvalue weighted by atomic mass is 19.3. The number of rotatable bonds is 11. The van der Waals surface area contributed by atoms with Gasteiger partial charge in [-0.3, -0.25) is 0 Å². The van der Waals surface area contributed by atoms with E-state index >= 15 is 0 Å². The summed E-state index contributed by atoms with van der Waals surface area (Å²) in [5, 5.41) is 13.5. The molecule has 32 heavy (non-hydrogen) atoms. The van der Waals surface area contributed by atoms with Crippen molar-refractivity contribution in [2.24, 2.45) is 0 Å². The number of aromatic nitrogens is 3. The van der Waals surface area contributed by atoms with E-state index in [4.69, 9.17) is 5.11 Å². The molecular weight excluding hydrogens is 412 g/mol. The van der Waals surface area contributed by atoms with Crippen LogP contribution in [0.25, 0.3) is 0 Å². The summed E-state index contributed by atoms with van der Waals surface area (Å²) >= 11 is 0. The lowest BCUT2D eigenvalue weighted by atomic mass is 10.0. The summed E-state index contributed by atoms with van der Waals surface area (Å²) in [5.74, 6) is -3.77. The van der Waals surface area contributed by atoms with Gasteiger partial charge in [0.05, 0.1) is 12.1 Å². The van der Waals surface area contributed by atoms with Gasteiger partial charge in [-0.1, -0.05) is 56.7 Å². The molecule has 1 heterocycles. The summed E-state index contributed by atoms with van der Waals surface area (Å²) in [6.07, 6.45) is 3.10. The quantitative estimate of drug-likeness (QED) is 0.405. The van der Waals surface area contributed by atoms with E-state index < -0.39 is 11.9 Å². The average Bonchev–Trinajstić information content (AvgIpc) is 3.17. The van der Waals surface area contributed by atoms with Crippen molar-refractivity contribution in [3.8, 4) is 0 Å². The molecule has 3 rings (SSSR count). The fourth-order valence-electron chi connectivity index (χ4n) is 3.62. The smallest absolute Gasteiger partial charge is 0.335 e. The van der Waals surface area contributed by atoms with Crippen molar-refractivity contribution in [2.75, 3.05) is 0 Å². The van der Waals surface area contributed by atoms with Crippen LogP contribution in [0, 0.1) is 0 Å². The van der Waals surface area contributed by atoms with Crippen molar-refractivity contribution in [2.45, 2.75) is 64.8 Å². The van der Waals surface area contributed by atoms with Crippen molar-refractivity contribution in [3.05, 3.63) is 82.4 Å². The van der Waals surface area contributed by atoms with Gasteiger partial charge in [-0.2, -0.15) is 13.9 Å². The second-order valence-electron chi connectivity index (χ2n) is 8.07. The Morgan fingerprint density at radius 2 is 1.75 bits per heavy atom. The molecule has 5 nitrogen and oxygen atoms in total. The number of aryl methyl sites for hydroxylation is 1. The topological polar surface area (TPSA) is 68.0 Å². The number of hydrogen-bond acceptors (Lipinski definition) is 3. The number of carboxylic acid groups (broad SMARTS) is 1. The van der Waals surface area contributed by atoms with Gasteiger partial charge in [-0.05, 0) is 48.1 Å². The molecule has 0 radical (unpaired) electrons. The number of aromatic carboxylic acids is 1. The zero-order chi connectivity index (χ0) is 23.1. The first-order valence-corrected chi connectivity index (χ1v) is 11.0. The van der Waals surface area contributed by atoms with Gasteiger partial charge < -0.3 is 5.11 Å². The molecule has 170 valence electrons. The van der Waals surface area contributed by atoms with Gasteiger partial charge in [0.25, 0.3) is 0 Å². The average molecular weight is 442 g/mol. The summed E-state index contributed by atoms with van der Waals surface area (Å²) in [5.41, 5.74) is 3.02. The summed E-state index contributed by atoms with van der Waals surface area (Å²) in [7, 11) is 0. The van der Waals surface area contributed by atoms with Crippen LogP contribution in [-0.2, 0) is 25.3 Å². The van der Waals surface area contributed by atoms with Crippen LogP contribution in [0.15, 0.2) is 48.5 Å². The Kier molecular flexibility index (Phi) is 7.72. The van der Waals surface area contributed by atoms with Crippen molar-refractivity contribution in [1.82, 2.24) is 14.8 Å². The molecular formula is C25H29F2N3O2. The zero-order valence-electron chi connectivity index (χ0n) is 18.5. The molecule has 2 aromatic carbocycles. The number of carbonyl (C=O) groups is 1. The lowest BCUT2D eigenvalue weighted by molar-refractivity contribution is -0.0270. The van der Waals surface area contributed by atoms with Crippen LogP contribution in [0.1, 0.15) is 78.2 Å². The van der Waals surface area contributed by atoms with Crippen molar-refractivity contribution in [1.29, 1.82) is 0 Å². The summed E-state index contributed by atoms with van der Waals surface area (Å²) in [6, 6.07) is 14.5. The molecule has 0 aliphatic heterocycles. The zero-order valence-corrected chi connectivity index (χ0v) is 18.5. The van der Waals surface area contributed by atoms with Crippen LogP contribution in [0.2, 0.25) is 0 Å². The lowest BCUT2D eigenvalue weighted by Crippen LogP contribution is -2.21. The minimum absolute atomic E-state index is 0.225. The Hall–Kier alpha value is -3.09.